The van der Waals surface area contributed by atoms with Crippen LogP contribution in [0.3, 0.4) is 0 Å². The van der Waals surface area contributed by atoms with Crippen LogP contribution in [-0.2, 0) is 0 Å². The van der Waals surface area contributed by atoms with Gasteiger partial charge in [0, 0.05) is 13.0 Å². The van der Waals surface area contributed by atoms with E-state index in [-0.39, 0.29) is 30.8 Å². The predicted octanol–water partition coefficient (Wildman–Crippen LogP) is 3.26. The zero-order chi connectivity index (χ0) is 21.6. The van der Waals surface area contributed by atoms with Crippen LogP contribution in [0.1, 0.15) is 43.4 Å². The van der Waals surface area contributed by atoms with E-state index in [1.54, 1.807) is 13.0 Å². The molecule has 9 nitrogen and oxygen atoms in total. The summed E-state index contributed by atoms with van der Waals surface area (Å²) in [5, 5.41) is 6.67. The first-order valence-electron chi connectivity index (χ1n) is 10.4. The molecular formula is C20H23F2N5O4. The van der Waals surface area contributed by atoms with E-state index in [0.717, 1.165) is 25.7 Å². The number of carbonyl (C=O) groups is 1. The van der Waals surface area contributed by atoms with Gasteiger partial charge in [-0.1, -0.05) is 5.16 Å². The molecule has 31 heavy (non-hydrogen) atoms. The number of carbonyl (C=O) groups excluding carboxylic acids is 1. The smallest absolute Gasteiger partial charge is 0.414 e. The summed E-state index contributed by atoms with van der Waals surface area (Å²) in [6, 6.07) is 2.66. The Morgan fingerprint density at radius 1 is 1.29 bits per heavy atom. The summed E-state index contributed by atoms with van der Waals surface area (Å²) in [6.07, 6.45) is 3.35. The Bertz CT molecular complexity index is 968. The maximum atomic E-state index is 13.3. The zero-order valence-electron chi connectivity index (χ0n) is 17.0. The number of nitrogens with one attached hydrogen (secondary N) is 1. The second-order valence-electron chi connectivity index (χ2n) is 8.46. The molecule has 166 valence electrons. The number of hydrogen-bond donors (Lipinski definition) is 1. The molecule has 3 heterocycles. The van der Waals surface area contributed by atoms with E-state index in [0.29, 0.717) is 29.9 Å². The standard InChI is InChI=1S/C20H23F2N5O4/c1-11-23-17(26-31-11)16(13-4-5-13)25-19(28)30-15-7-6-14(27-9-20(21,22)10-27)18(24-15)29-8-12-2-3-12/h6-7,12-13,16H,2-5,8-10H2,1H3,(H,25,28). The van der Waals surface area contributed by atoms with E-state index in [9.17, 15) is 13.6 Å². The van der Waals surface area contributed by atoms with Crippen LogP contribution in [0, 0.1) is 18.8 Å². The van der Waals surface area contributed by atoms with Crippen LogP contribution in [0.25, 0.3) is 0 Å². The lowest BCUT2D eigenvalue weighted by Gasteiger charge is -2.40. The maximum absolute atomic E-state index is 13.3. The van der Waals surface area contributed by atoms with E-state index in [1.807, 2.05) is 0 Å². The first-order valence-corrected chi connectivity index (χ1v) is 10.4. The molecule has 2 saturated carbocycles. The average molecular weight is 435 g/mol. The molecule has 0 bridgehead atoms. The molecule has 2 aromatic heterocycles. The summed E-state index contributed by atoms with van der Waals surface area (Å²) in [5.41, 5.74) is 0.470. The largest absolute Gasteiger partial charge is 0.476 e. The lowest BCUT2D eigenvalue weighted by molar-refractivity contribution is -0.0265. The van der Waals surface area contributed by atoms with Gasteiger partial charge in [-0.25, -0.2) is 13.6 Å². The monoisotopic (exact) mass is 435 g/mol. The third-order valence-corrected chi connectivity index (χ3v) is 5.54. The van der Waals surface area contributed by atoms with Crippen LogP contribution in [0.15, 0.2) is 16.7 Å². The molecule has 1 unspecified atom stereocenters. The molecule has 1 saturated heterocycles. The second-order valence-corrected chi connectivity index (χ2v) is 8.46. The average Bonchev–Trinajstić information content (AvgIpc) is 3.62. The fourth-order valence-corrected chi connectivity index (χ4v) is 3.50. The molecule has 11 heteroatoms. The number of ether oxygens (including phenoxy) is 2. The molecule has 3 fully saturated rings. The van der Waals surface area contributed by atoms with Crippen molar-refractivity contribution in [2.75, 3.05) is 24.6 Å². The first kappa shape index (κ1) is 20.0. The molecular weight excluding hydrogens is 412 g/mol. The molecule has 3 aliphatic rings. The summed E-state index contributed by atoms with van der Waals surface area (Å²) in [7, 11) is 0. The molecule has 0 spiro atoms. The topological polar surface area (TPSA) is 103 Å². The third-order valence-electron chi connectivity index (χ3n) is 5.54. The van der Waals surface area contributed by atoms with Crippen molar-refractivity contribution in [3.05, 3.63) is 23.8 Å². The number of anilines is 1. The van der Waals surface area contributed by atoms with Gasteiger partial charge in [0.15, 0.2) is 5.82 Å². The minimum Gasteiger partial charge on any atom is -0.476 e. The van der Waals surface area contributed by atoms with Gasteiger partial charge in [-0.05, 0) is 43.6 Å². The van der Waals surface area contributed by atoms with Crippen molar-refractivity contribution in [3.8, 4) is 11.8 Å². The van der Waals surface area contributed by atoms with Crippen molar-refractivity contribution in [3.63, 3.8) is 0 Å². The highest BCUT2D eigenvalue weighted by Crippen LogP contribution is 2.41. The molecule has 1 N–H and O–H groups in total. The van der Waals surface area contributed by atoms with Crippen molar-refractivity contribution in [2.24, 2.45) is 11.8 Å². The van der Waals surface area contributed by atoms with E-state index in [1.165, 1.54) is 11.0 Å². The highest BCUT2D eigenvalue weighted by molar-refractivity contribution is 5.71. The number of amides is 1. The van der Waals surface area contributed by atoms with Crippen molar-refractivity contribution in [1.82, 2.24) is 20.4 Å². The molecule has 2 aromatic rings. The van der Waals surface area contributed by atoms with E-state index in [2.05, 4.69) is 20.4 Å². The van der Waals surface area contributed by atoms with Gasteiger partial charge in [0.1, 0.15) is 5.69 Å². The van der Waals surface area contributed by atoms with Gasteiger partial charge in [-0.2, -0.15) is 9.97 Å². The number of aromatic nitrogens is 3. The molecule has 5 rings (SSSR count). The number of hydrogen-bond acceptors (Lipinski definition) is 8. The fraction of sp³-hybridized carbons (Fsp3) is 0.600. The van der Waals surface area contributed by atoms with Crippen LogP contribution in [-0.4, -0.2) is 46.8 Å². The van der Waals surface area contributed by atoms with Crippen molar-refractivity contribution in [2.45, 2.75) is 44.6 Å². The van der Waals surface area contributed by atoms with Crippen LogP contribution in [0.2, 0.25) is 0 Å². The Hall–Kier alpha value is -2.98. The van der Waals surface area contributed by atoms with Gasteiger partial charge in [-0.15, -0.1) is 0 Å². The van der Waals surface area contributed by atoms with Gasteiger partial charge in [0.25, 0.3) is 5.92 Å². The van der Waals surface area contributed by atoms with Gasteiger partial charge in [0.05, 0.1) is 25.7 Å². The van der Waals surface area contributed by atoms with Crippen LogP contribution >= 0.6 is 0 Å². The first-order chi connectivity index (χ1) is 14.9. The molecule has 0 aromatic carbocycles. The number of halogens is 2. The lowest BCUT2D eigenvalue weighted by Crippen LogP contribution is -2.56. The van der Waals surface area contributed by atoms with Gasteiger partial charge < -0.3 is 24.2 Å². The zero-order valence-corrected chi connectivity index (χ0v) is 17.0. The predicted molar refractivity (Wildman–Crippen MR) is 103 cm³/mol. The number of alkyl halides is 2. The summed E-state index contributed by atoms with van der Waals surface area (Å²) in [6.45, 7) is 1.37. The Morgan fingerprint density at radius 2 is 2.06 bits per heavy atom. The Labute approximate surface area is 177 Å². The summed E-state index contributed by atoms with van der Waals surface area (Å²) >= 11 is 0. The number of nitrogens with zero attached hydrogens (tertiary/aromatic N) is 4. The van der Waals surface area contributed by atoms with E-state index >= 15 is 0 Å². The van der Waals surface area contributed by atoms with Crippen molar-refractivity contribution >= 4 is 11.8 Å². The van der Waals surface area contributed by atoms with E-state index in [4.69, 9.17) is 14.0 Å². The maximum Gasteiger partial charge on any atom is 0.414 e. The van der Waals surface area contributed by atoms with Crippen LogP contribution in [0.4, 0.5) is 19.3 Å². The normalized spacial score (nSPS) is 20.7. The number of pyridine rings is 1. The second kappa shape index (κ2) is 7.61. The molecule has 1 amide bonds. The van der Waals surface area contributed by atoms with Crippen molar-refractivity contribution in [1.29, 1.82) is 0 Å². The molecule has 1 atom stereocenters. The molecule has 0 radical (unpaired) electrons. The summed E-state index contributed by atoms with van der Waals surface area (Å²) < 4.78 is 42.8. The summed E-state index contributed by atoms with van der Waals surface area (Å²) in [4.78, 5) is 22.5. The Kier molecular flexibility index (Phi) is 4.90. The minimum atomic E-state index is -2.71. The number of aryl methyl sites for hydroxylation is 1. The van der Waals surface area contributed by atoms with Gasteiger partial charge >= 0.3 is 6.09 Å². The van der Waals surface area contributed by atoms with Gasteiger partial charge in [0.2, 0.25) is 17.7 Å². The van der Waals surface area contributed by atoms with Crippen LogP contribution in [0.5, 0.6) is 11.8 Å². The lowest BCUT2D eigenvalue weighted by atomic mass is 10.1. The number of rotatable bonds is 8. The quantitative estimate of drug-likeness (QED) is 0.674. The molecule has 2 aliphatic carbocycles. The molecule has 1 aliphatic heterocycles. The van der Waals surface area contributed by atoms with E-state index < -0.39 is 18.1 Å². The minimum absolute atomic E-state index is 0.0261. The van der Waals surface area contributed by atoms with Crippen LogP contribution < -0.4 is 19.7 Å². The Balaban J connectivity index is 1.27. The fourth-order valence-electron chi connectivity index (χ4n) is 3.50. The SMILES string of the molecule is Cc1nc(C(NC(=O)Oc2ccc(N3CC(F)(F)C3)c(OCC3CC3)n2)C2CC2)no1. The van der Waals surface area contributed by atoms with Crippen molar-refractivity contribution < 1.29 is 27.6 Å². The summed E-state index contributed by atoms with van der Waals surface area (Å²) in [5.74, 6) is -0.981. The third kappa shape index (κ3) is 4.70. The Morgan fingerprint density at radius 3 is 2.68 bits per heavy atom. The highest BCUT2D eigenvalue weighted by atomic mass is 19.3. The highest BCUT2D eigenvalue weighted by Gasteiger charge is 2.45. The van der Waals surface area contributed by atoms with Gasteiger partial charge in [-0.3, -0.25) is 0 Å².